The maximum atomic E-state index is 12.3. The second-order valence-electron chi connectivity index (χ2n) is 5.26. The minimum Gasteiger partial charge on any atom is -0.493 e. The van der Waals surface area contributed by atoms with Gasteiger partial charge in [-0.3, -0.25) is 4.79 Å². The van der Waals surface area contributed by atoms with E-state index in [9.17, 15) is 18.0 Å². The Hall–Kier alpha value is -1.96. The number of methoxy groups -OCH3 is 1. The van der Waals surface area contributed by atoms with Crippen molar-refractivity contribution in [2.24, 2.45) is 0 Å². The molecule has 2 N–H and O–H groups in total. The Kier molecular flexibility index (Phi) is 5.70. The lowest BCUT2D eigenvalue weighted by atomic mass is 10.0. The molecule has 1 atom stereocenters. The first-order valence-corrected chi connectivity index (χ1v) is 7.31. The fraction of sp³-hybridized carbons (Fsp3) is 0.533. The summed E-state index contributed by atoms with van der Waals surface area (Å²) in [6.45, 7) is -0.647. The van der Waals surface area contributed by atoms with Crippen molar-refractivity contribution < 1.29 is 27.4 Å². The molecule has 1 saturated heterocycles. The fourth-order valence-electron chi connectivity index (χ4n) is 2.33. The Labute approximate surface area is 132 Å². The largest absolute Gasteiger partial charge is 0.493 e. The first-order chi connectivity index (χ1) is 10.9. The van der Waals surface area contributed by atoms with Crippen LogP contribution >= 0.6 is 0 Å². The van der Waals surface area contributed by atoms with Crippen molar-refractivity contribution in [2.45, 2.75) is 31.5 Å². The second-order valence-corrected chi connectivity index (χ2v) is 5.26. The predicted octanol–water partition coefficient (Wildman–Crippen LogP) is 2.72. The number of amides is 1. The maximum absolute atomic E-state index is 12.3. The third-order valence-electron chi connectivity index (χ3n) is 3.45. The molecule has 0 aromatic heterocycles. The average molecular weight is 332 g/mol. The molecular formula is C15H19F3N2O3. The van der Waals surface area contributed by atoms with Crippen LogP contribution in [0, 0.1) is 0 Å². The van der Waals surface area contributed by atoms with Gasteiger partial charge in [-0.2, -0.15) is 13.2 Å². The molecule has 0 saturated carbocycles. The lowest BCUT2D eigenvalue weighted by molar-refractivity contribution is -0.153. The number of rotatable bonds is 5. The van der Waals surface area contributed by atoms with Crippen molar-refractivity contribution in [3.63, 3.8) is 0 Å². The summed E-state index contributed by atoms with van der Waals surface area (Å²) in [6.07, 6.45) is -1.72. The number of ether oxygens (including phenoxy) is 2. The fourth-order valence-corrected chi connectivity index (χ4v) is 2.33. The van der Waals surface area contributed by atoms with Crippen molar-refractivity contribution in [1.82, 2.24) is 5.32 Å². The second kappa shape index (κ2) is 7.54. The molecule has 0 aliphatic carbocycles. The number of carbonyl (C=O) groups excluding carboxylic acids is 1. The van der Waals surface area contributed by atoms with Gasteiger partial charge in [0.25, 0.3) is 0 Å². The van der Waals surface area contributed by atoms with Crippen LogP contribution in [0.25, 0.3) is 0 Å². The van der Waals surface area contributed by atoms with Gasteiger partial charge in [0, 0.05) is 11.8 Å². The highest BCUT2D eigenvalue weighted by molar-refractivity contribution is 5.95. The Bertz CT molecular complexity index is 543. The number of halogens is 3. The number of benzene rings is 1. The van der Waals surface area contributed by atoms with Gasteiger partial charge in [0.1, 0.15) is 0 Å². The molecule has 1 heterocycles. The number of piperidine rings is 1. The highest BCUT2D eigenvalue weighted by atomic mass is 19.4. The maximum Gasteiger partial charge on any atom is 0.422 e. The molecule has 0 bridgehead atoms. The predicted molar refractivity (Wildman–Crippen MR) is 78.8 cm³/mol. The van der Waals surface area contributed by atoms with E-state index < -0.39 is 12.8 Å². The number of nitrogens with one attached hydrogen (secondary N) is 2. The third-order valence-corrected chi connectivity index (χ3v) is 3.45. The SMILES string of the molecule is COc1ccc(NC(=O)C2CCCCN2)cc1OCC(F)(F)F. The van der Waals surface area contributed by atoms with Crippen LogP contribution in [0.2, 0.25) is 0 Å². The van der Waals surface area contributed by atoms with Crippen molar-refractivity contribution in [3.05, 3.63) is 18.2 Å². The highest BCUT2D eigenvalue weighted by Gasteiger charge is 2.29. The van der Waals surface area contributed by atoms with Crippen LogP contribution in [0.4, 0.5) is 18.9 Å². The quantitative estimate of drug-likeness (QED) is 0.870. The lowest BCUT2D eigenvalue weighted by Gasteiger charge is -2.22. The summed E-state index contributed by atoms with van der Waals surface area (Å²) >= 11 is 0. The minimum atomic E-state index is -4.45. The molecule has 1 aliphatic rings. The molecule has 1 aromatic carbocycles. The molecule has 128 valence electrons. The monoisotopic (exact) mass is 332 g/mol. The summed E-state index contributed by atoms with van der Waals surface area (Å²) < 4.78 is 46.6. The normalized spacial score (nSPS) is 18.3. The van der Waals surface area contributed by atoms with Crippen molar-refractivity contribution in [3.8, 4) is 11.5 Å². The van der Waals surface area contributed by atoms with Gasteiger partial charge in [-0.1, -0.05) is 6.42 Å². The van der Waals surface area contributed by atoms with E-state index >= 15 is 0 Å². The number of hydrogen-bond donors (Lipinski definition) is 2. The van der Waals surface area contributed by atoms with Crippen molar-refractivity contribution in [1.29, 1.82) is 0 Å². The Morgan fingerprint density at radius 2 is 2.13 bits per heavy atom. The van der Waals surface area contributed by atoms with E-state index in [2.05, 4.69) is 10.6 Å². The molecule has 1 aliphatic heterocycles. The summed E-state index contributed by atoms with van der Waals surface area (Å²) in [5, 5.41) is 5.79. The number of carbonyl (C=O) groups is 1. The van der Waals surface area contributed by atoms with Crippen molar-refractivity contribution in [2.75, 3.05) is 25.6 Å². The summed E-state index contributed by atoms with van der Waals surface area (Å²) in [5.41, 5.74) is 0.361. The van der Waals surface area contributed by atoms with Gasteiger partial charge >= 0.3 is 6.18 Å². The molecule has 1 aromatic rings. The molecule has 5 nitrogen and oxygen atoms in total. The molecule has 0 spiro atoms. The first-order valence-electron chi connectivity index (χ1n) is 7.31. The zero-order chi connectivity index (χ0) is 16.9. The first kappa shape index (κ1) is 17.4. The Morgan fingerprint density at radius 3 is 2.74 bits per heavy atom. The van der Waals surface area contributed by atoms with Gasteiger partial charge in [0.15, 0.2) is 18.1 Å². The van der Waals surface area contributed by atoms with Gasteiger partial charge in [0.05, 0.1) is 13.2 Å². The Morgan fingerprint density at radius 1 is 1.35 bits per heavy atom. The van der Waals surface area contributed by atoms with E-state index in [0.717, 1.165) is 25.8 Å². The van der Waals surface area contributed by atoms with E-state index in [1.807, 2.05) is 0 Å². The third kappa shape index (κ3) is 5.31. The molecule has 2 rings (SSSR count). The molecule has 0 radical (unpaired) electrons. The summed E-state index contributed by atoms with van der Waals surface area (Å²) in [4.78, 5) is 12.1. The van der Waals surface area contributed by atoms with E-state index in [4.69, 9.17) is 9.47 Å². The van der Waals surface area contributed by atoms with Crippen LogP contribution in [-0.2, 0) is 4.79 Å². The van der Waals surface area contributed by atoms with Crippen LogP contribution in [0.1, 0.15) is 19.3 Å². The van der Waals surface area contributed by atoms with Gasteiger partial charge in [-0.05, 0) is 31.5 Å². The van der Waals surface area contributed by atoms with E-state index in [1.54, 1.807) is 6.07 Å². The van der Waals surface area contributed by atoms with E-state index in [-0.39, 0.29) is 23.4 Å². The molecule has 1 amide bonds. The molecule has 1 unspecified atom stereocenters. The molecular weight excluding hydrogens is 313 g/mol. The van der Waals surface area contributed by atoms with Gasteiger partial charge in [-0.15, -0.1) is 0 Å². The highest BCUT2D eigenvalue weighted by Crippen LogP contribution is 2.31. The summed E-state index contributed by atoms with van der Waals surface area (Å²) in [5.74, 6) is -0.112. The topological polar surface area (TPSA) is 59.6 Å². The number of alkyl halides is 3. The summed E-state index contributed by atoms with van der Waals surface area (Å²) in [6, 6.07) is 4.05. The number of hydrogen-bond acceptors (Lipinski definition) is 4. The zero-order valence-corrected chi connectivity index (χ0v) is 12.7. The zero-order valence-electron chi connectivity index (χ0n) is 12.7. The number of anilines is 1. The van der Waals surface area contributed by atoms with Crippen LogP contribution < -0.4 is 20.1 Å². The standard InChI is InChI=1S/C15H19F3N2O3/c1-22-12-6-5-10(8-13(12)23-9-15(16,17)18)20-14(21)11-4-2-3-7-19-11/h5-6,8,11,19H,2-4,7,9H2,1H3,(H,20,21). The van der Waals surface area contributed by atoms with Crippen LogP contribution in [0.5, 0.6) is 11.5 Å². The molecule has 1 fully saturated rings. The lowest BCUT2D eigenvalue weighted by Crippen LogP contribution is -2.43. The minimum absolute atomic E-state index is 0.0702. The summed E-state index contributed by atoms with van der Waals surface area (Å²) in [7, 11) is 1.33. The van der Waals surface area contributed by atoms with Gasteiger partial charge < -0.3 is 20.1 Å². The van der Waals surface area contributed by atoms with E-state index in [1.165, 1.54) is 19.2 Å². The van der Waals surface area contributed by atoms with Gasteiger partial charge in [-0.25, -0.2) is 0 Å². The Balaban J connectivity index is 2.05. The van der Waals surface area contributed by atoms with Crippen LogP contribution in [-0.4, -0.2) is 38.4 Å². The van der Waals surface area contributed by atoms with Crippen molar-refractivity contribution >= 4 is 11.6 Å². The smallest absolute Gasteiger partial charge is 0.422 e. The molecule has 8 heteroatoms. The average Bonchev–Trinajstić information content (AvgIpc) is 2.53. The van der Waals surface area contributed by atoms with Crippen LogP contribution in [0.3, 0.4) is 0 Å². The molecule has 23 heavy (non-hydrogen) atoms. The van der Waals surface area contributed by atoms with Crippen LogP contribution in [0.15, 0.2) is 18.2 Å². The van der Waals surface area contributed by atoms with E-state index in [0.29, 0.717) is 5.69 Å². The van der Waals surface area contributed by atoms with Gasteiger partial charge in [0.2, 0.25) is 5.91 Å².